The van der Waals surface area contributed by atoms with Crippen molar-refractivity contribution >= 4 is 17.4 Å². The third kappa shape index (κ3) is 5.59. The summed E-state index contributed by atoms with van der Waals surface area (Å²) in [6.45, 7) is 10.8. The van der Waals surface area contributed by atoms with Crippen molar-refractivity contribution in [2.45, 2.75) is 96.2 Å². The summed E-state index contributed by atoms with van der Waals surface area (Å²) in [5, 5.41) is 7.93. The second kappa shape index (κ2) is 9.69. The summed E-state index contributed by atoms with van der Waals surface area (Å²) in [5.74, 6) is 0.773. The summed E-state index contributed by atoms with van der Waals surface area (Å²) in [4.78, 5) is 18.6. The van der Waals surface area contributed by atoms with E-state index < -0.39 is 11.3 Å². The quantitative estimate of drug-likeness (QED) is 0.438. The van der Waals surface area contributed by atoms with Crippen LogP contribution in [0, 0.1) is 5.41 Å². The molecule has 206 valence electrons. The Morgan fingerprint density at radius 3 is 2.42 bits per heavy atom. The molecule has 0 atom stereocenters. The van der Waals surface area contributed by atoms with E-state index in [1.807, 2.05) is 20.8 Å². The molecular weight excluding hydrogens is 483 g/mol. The maximum atomic E-state index is 14.3. The van der Waals surface area contributed by atoms with Gasteiger partial charge in [0.2, 0.25) is 0 Å². The van der Waals surface area contributed by atoms with E-state index in [2.05, 4.69) is 45.8 Å². The number of nitrogens with zero attached hydrogens (tertiary/aromatic N) is 3. The van der Waals surface area contributed by atoms with Gasteiger partial charge in [0.15, 0.2) is 11.5 Å². The number of nitrogens with one attached hydrogen (secondary N) is 1. The van der Waals surface area contributed by atoms with Crippen molar-refractivity contribution in [1.82, 2.24) is 15.0 Å². The van der Waals surface area contributed by atoms with E-state index in [0.717, 1.165) is 57.2 Å². The molecule has 1 aliphatic heterocycles. The maximum Gasteiger partial charge on any atom is 0.410 e. The SMILES string of the molecule is CC(C)(C)OC(=O)N1CC=C(c2cccc(NCC34CCC(c5noc(C(C)(C)F)n5)(CC3)CC4)c2)CC1. The highest BCUT2D eigenvalue weighted by atomic mass is 19.1. The van der Waals surface area contributed by atoms with E-state index in [0.29, 0.717) is 18.9 Å². The molecule has 1 aromatic heterocycles. The Balaban J connectivity index is 1.18. The second-order valence-corrected chi connectivity index (χ2v) is 13.0. The van der Waals surface area contributed by atoms with Crippen molar-refractivity contribution in [3.63, 3.8) is 0 Å². The number of benzene rings is 1. The fourth-order valence-electron chi connectivity index (χ4n) is 6.09. The smallest absolute Gasteiger partial charge is 0.410 e. The van der Waals surface area contributed by atoms with Crippen LogP contribution in [0.1, 0.15) is 96.8 Å². The average molecular weight is 525 g/mol. The first-order chi connectivity index (χ1) is 17.9. The average Bonchev–Trinajstić information content (AvgIpc) is 3.40. The van der Waals surface area contributed by atoms with Crippen LogP contribution in [0.15, 0.2) is 34.9 Å². The predicted molar refractivity (Wildman–Crippen MR) is 146 cm³/mol. The van der Waals surface area contributed by atoms with E-state index in [-0.39, 0.29) is 22.8 Å². The van der Waals surface area contributed by atoms with Gasteiger partial charge in [-0.25, -0.2) is 9.18 Å². The second-order valence-electron chi connectivity index (χ2n) is 13.0. The van der Waals surface area contributed by atoms with Crippen LogP contribution in [0.25, 0.3) is 5.57 Å². The minimum atomic E-state index is -1.61. The van der Waals surface area contributed by atoms with E-state index in [1.165, 1.54) is 25.0 Å². The monoisotopic (exact) mass is 524 g/mol. The number of halogens is 1. The Morgan fingerprint density at radius 2 is 1.84 bits per heavy atom. The van der Waals surface area contributed by atoms with Crippen LogP contribution in [0.5, 0.6) is 0 Å². The van der Waals surface area contributed by atoms with Gasteiger partial charge in [-0.3, -0.25) is 0 Å². The topological polar surface area (TPSA) is 80.5 Å². The van der Waals surface area contributed by atoms with Crippen molar-refractivity contribution < 1.29 is 18.4 Å². The highest BCUT2D eigenvalue weighted by Crippen LogP contribution is 2.57. The number of alkyl halides is 1. The number of fused-ring (bicyclic) bond motifs is 3. The molecule has 3 aliphatic carbocycles. The molecule has 3 fully saturated rings. The number of carbonyl (C=O) groups excluding carboxylic acids is 1. The van der Waals surface area contributed by atoms with Gasteiger partial charge in [0.25, 0.3) is 5.89 Å². The van der Waals surface area contributed by atoms with Gasteiger partial charge in [0.05, 0.1) is 0 Å². The van der Waals surface area contributed by atoms with Gasteiger partial charge in [-0.2, -0.15) is 4.98 Å². The summed E-state index contributed by atoms with van der Waals surface area (Å²) in [6.07, 6.45) is 9.06. The molecule has 4 aliphatic rings. The van der Waals surface area contributed by atoms with Crippen LogP contribution in [-0.2, 0) is 15.8 Å². The fraction of sp³-hybridized carbons (Fsp3) is 0.633. The summed E-state index contributed by atoms with van der Waals surface area (Å²) in [5.41, 5.74) is 1.69. The molecule has 1 N–H and O–H groups in total. The molecule has 1 aromatic carbocycles. The zero-order valence-electron chi connectivity index (χ0n) is 23.4. The van der Waals surface area contributed by atoms with E-state index in [1.54, 1.807) is 4.90 Å². The lowest BCUT2D eigenvalue weighted by atomic mass is 9.53. The Hall–Kier alpha value is -2.90. The number of ether oxygens (including phenoxy) is 1. The first-order valence-corrected chi connectivity index (χ1v) is 13.9. The fourth-order valence-corrected chi connectivity index (χ4v) is 6.09. The third-order valence-electron chi connectivity index (χ3n) is 8.57. The van der Waals surface area contributed by atoms with Crippen molar-refractivity contribution in [3.05, 3.63) is 47.6 Å². The predicted octanol–water partition coefficient (Wildman–Crippen LogP) is 7.00. The first kappa shape index (κ1) is 26.7. The van der Waals surface area contributed by atoms with Gasteiger partial charge < -0.3 is 19.5 Å². The van der Waals surface area contributed by atoms with Crippen LogP contribution >= 0.6 is 0 Å². The van der Waals surface area contributed by atoms with Gasteiger partial charge in [0.1, 0.15) is 5.60 Å². The van der Waals surface area contributed by atoms with Gasteiger partial charge in [-0.05, 0) is 108 Å². The zero-order chi connectivity index (χ0) is 27.2. The van der Waals surface area contributed by atoms with Crippen LogP contribution in [0.4, 0.5) is 14.9 Å². The Bertz CT molecular complexity index is 1180. The molecule has 3 saturated carbocycles. The number of amides is 1. The summed E-state index contributed by atoms with van der Waals surface area (Å²) in [6, 6.07) is 8.60. The first-order valence-electron chi connectivity index (χ1n) is 13.9. The van der Waals surface area contributed by atoms with E-state index in [9.17, 15) is 9.18 Å². The largest absolute Gasteiger partial charge is 0.444 e. The highest BCUT2D eigenvalue weighted by molar-refractivity contribution is 5.74. The normalized spacial score (nSPS) is 25.7. The number of hydrogen-bond donors (Lipinski definition) is 1. The van der Waals surface area contributed by atoms with Gasteiger partial charge in [0, 0.05) is 30.7 Å². The van der Waals surface area contributed by atoms with Crippen LogP contribution in [0.2, 0.25) is 0 Å². The Kier molecular flexibility index (Phi) is 6.81. The maximum absolute atomic E-state index is 14.3. The summed E-state index contributed by atoms with van der Waals surface area (Å²) >= 11 is 0. The molecule has 2 bridgehead atoms. The molecule has 0 unspecified atom stereocenters. The molecule has 6 rings (SSSR count). The molecule has 2 aromatic rings. The minimum absolute atomic E-state index is 0.0741. The molecule has 0 saturated heterocycles. The van der Waals surface area contributed by atoms with E-state index >= 15 is 0 Å². The minimum Gasteiger partial charge on any atom is -0.444 e. The van der Waals surface area contributed by atoms with Crippen LogP contribution < -0.4 is 5.32 Å². The number of carbonyl (C=O) groups is 1. The molecule has 2 heterocycles. The Morgan fingerprint density at radius 1 is 1.13 bits per heavy atom. The number of anilines is 1. The van der Waals surface area contributed by atoms with Gasteiger partial charge in [-0.1, -0.05) is 23.4 Å². The van der Waals surface area contributed by atoms with Crippen molar-refractivity contribution in [2.24, 2.45) is 5.41 Å². The molecule has 8 heteroatoms. The lowest BCUT2D eigenvalue weighted by Gasteiger charge is -2.52. The van der Waals surface area contributed by atoms with Gasteiger partial charge in [-0.15, -0.1) is 0 Å². The van der Waals surface area contributed by atoms with Crippen LogP contribution in [-0.4, -0.2) is 46.4 Å². The van der Waals surface area contributed by atoms with E-state index in [4.69, 9.17) is 9.26 Å². The molecule has 0 radical (unpaired) electrons. The lowest BCUT2D eigenvalue weighted by molar-refractivity contribution is 0.0270. The van der Waals surface area contributed by atoms with Crippen molar-refractivity contribution in [2.75, 3.05) is 25.0 Å². The standard InChI is InChI=1S/C30H41FN4O3/c1-27(2,3)37-26(36)35-17-9-21(10-18-35)22-7-6-8-23(19-22)32-20-29-11-14-30(15-12-29,16-13-29)24-33-25(38-34-24)28(4,5)31/h6-9,19,32H,10-18,20H2,1-5H3. The summed E-state index contributed by atoms with van der Waals surface area (Å²) in [7, 11) is 0. The number of hydrogen-bond acceptors (Lipinski definition) is 6. The van der Waals surface area contributed by atoms with Crippen molar-refractivity contribution in [3.8, 4) is 0 Å². The molecule has 1 amide bonds. The molecule has 7 nitrogen and oxygen atoms in total. The molecule has 38 heavy (non-hydrogen) atoms. The number of aromatic nitrogens is 2. The Labute approximate surface area is 225 Å². The van der Waals surface area contributed by atoms with Crippen molar-refractivity contribution in [1.29, 1.82) is 0 Å². The van der Waals surface area contributed by atoms with Gasteiger partial charge >= 0.3 is 6.09 Å². The lowest BCUT2D eigenvalue weighted by Crippen LogP contribution is -2.47. The van der Waals surface area contributed by atoms with Crippen LogP contribution in [0.3, 0.4) is 0 Å². The third-order valence-corrected chi connectivity index (χ3v) is 8.57. The number of rotatable bonds is 6. The molecular formula is C30H41FN4O3. The zero-order valence-corrected chi connectivity index (χ0v) is 23.4. The highest BCUT2D eigenvalue weighted by Gasteiger charge is 2.51. The summed E-state index contributed by atoms with van der Waals surface area (Å²) < 4.78 is 25.1. The molecule has 0 spiro atoms.